The van der Waals surface area contributed by atoms with Gasteiger partial charge in [0.2, 0.25) is 0 Å². The Morgan fingerprint density at radius 1 is 1.17 bits per heavy atom. The van der Waals surface area contributed by atoms with Gasteiger partial charge in [0, 0.05) is 13.1 Å². The van der Waals surface area contributed by atoms with E-state index in [9.17, 15) is 14.0 Å². The number of nitrogens with zero attached hydrogens (tertiary/aromatic N) is 3. The molecule has 0 radical (unpaired) electrons. The third-order valence-corrected chi connectivity index (χ3v) is 4.03. The maximum Gasteiger partial charge on any atom is 0.278 e. The highest BCUT2D eigenvalue weighted by molar-refractivity contribution is 5.94. The van der Waals surface area contributed by atoms with Gasteiger partial charge in [-0.15, -0.1) is 0 Å². The number of hydrogen-bond donors (Lipinski definition) is 0. The number of rotatable bonds is 3. The fraction of sp³-hybridized carbons (Fsp3) is 0.353. The van der Waals surface area contributed by atoms with Gasteiger partial charge < -0.3 is 9.64 Å². The molecule has 0 saturated carbocycles. The van der Waals surface area contributed by atoms with Crippen LogP contribution in [-0.2, 0) is 0 Å². The summed E-state index contributed by atoms with van der Waals surface area (Å²) in [4.78, 5) is 26.7. The number of benzene rings is 1. The zero-order chi connectivity index (χ0) is 17.1. The van der Waals surface area contributed by atoms with Crippen molar-refractivity contribution in [2.24, 2.45) is 0 Å². The molecule has 1 amide bonds. The second-order valence-corrected chi connectivity index (χ2v) is 5.64. The second kappa shape index (κ2) is 6.82. The molecule has 7 heteroatoms. The smallest absolute Gasteiger partial charge is 0.278 e. The van der Waals surface area contributed by atoms with E-state index >= 15 is 0 Å². The van der Waals surface area contributed by atoms with Crippen molar-refractivity contribution in [1.29, 1.82) is 0 Å². The molecule has 0 atom stereocenters. The molecule has 1 saturated heterocycles. The lowest BCUT2D eigenvalue weighted by Crippen LogP contribution is -2.37. The molecule has 1 aliphatic heterocycles. The highest BCUT2D eigenvalue weighted by Crippen LogP contribution is 2.19. The number of methoxy groups -OCH3 is 1. The number of halogens is 1. The molecule has 24 heavy (non-hydrogen) atoms. The molecular formula is C17H18FN3O3. The average Bonchev–Trinajstić information content (AvgIpc) is 2.62. The standard InChI is InChI=1S/C17H18FN3O3/c1-24-14-11-15(22)21(13-7-5-12(18)6-8-13)19-16(14)17(23)20-9-3-2-4-10-20/h5-8,11H,2-4,9-10H2,1H3. The van der Waals surface area contributed by atoms with Crippen LogP contribution in [0.5, 0.6) is 5.75 Å². The summed E-state index contributed by atoms with van der Waals surface area (Å²) in [6.07, 6.45) is 3.00. The van der Waals surface area contributed by atoms with Gasteiger partial charge >= 0.3 is 0 Å². The molecule has 1 fully saturated rings. The van der Waals surface area contributed by atoms with Crippen LogP contribution in [0.25, 0.3) is 5.69 Å². The Labute approximate surface area is 138 Å². The fourth-order valence-electron chi connectivity index (χ4n) is 2.76. The zero-order valence-electron chi connectivity index (χ0n) is 13.4. The molecule has 0 N–H and O–H groups in total. The van der Waals surface area contributed by atoms with E-state index in [0.717, 1.165) is 23.9 Å². The van der Waals surface area contributed by atoms with Crippen molar-refractivity contribution >= 4 is 5.91 Å². The van der Waals surface area contributed by atoms with E-state index in [1.807, 2.05) is 0 Å². The van der Waals surface area contributed by atoms with Crippen molar-refractivity contribution in [3.8, 4) is 11.4 Å². The van der Waals surface area contributed by atoms with Gasteiger partial charge in [-0.05, 0) is 43.5 Å². The van der Waals surface area contributed by atoms with Gasteiger partial charge in [0.15, 0.2) is 11.4 Å². The lowest BCUT2D eigenvalue weighted by molar-refractivity contribution is 0.0712. The second-order valence-electron chi connectivity index (χ2n) is 5.64. The van der Waals surface area contributed by atoms with Gasteiger partial charge in [-0.3, -0.25) is 9.59 Å². The fourth-order valence-corrected chi connectivity index (χ4v) is 2.76. The van der Waals surface area contributed by atoms with E-state index in [-0.39, 0.29) is 17.4 Å². The number of ether oxygens (including phenoxy) is 1. The van der Waals surface area contributed by atoms with Crippen LogP contribution in [-0.4, -0.2) is 40.8 Å². The minimum atomic E-state index is -0.450. The number of likely N-dealkylation sites (tertiary alicyclic amines) is 1. The summed E-state index contributed by atoms with van der Waals surface area (Å²) < 4.78 is 19.3. The monoisotopic (exact) mass is 331 g/mol. The molecule has 0 unspecified atom stereocenters. The summed E-state index contributed by atoms with van der Waals surface area (Å²) >= 11 is 0. The summed E-state index contributed by atoms with van der Waals surface area (Å²) in [6, 6.07) is 6.57. The Balaban J connectivity index is 2.04. The zero-order valence-corrected chi connectivity index (χ0v) is 13.4. The molecule has 0 spiro atoms. The number of amides is 1. The highest BCUT2D eigenvalue weighted by Gasteiger charge is 2.24. The lowest BCUT2D eigenvalue weighted by Gasteiger charge is -2.26. The van der Waals surface area contributed by atoms with Gasteiger partial charge in [0.1, 0.15) is 5.82 Å². The Morgan fingerprint density at radius 3 is 2.46 bits per heavy atom. The average molecular weight is 331 g/mol. The van der Waals surface area contributed by atoms with Crippen molar-refractivity contribution in [2.45, 2.75) is 19.3 Å². The normalized spacial score (nSPS) is 14.5. The maximum absolute atomic E-state index is 13.1. The number of carbonyl (C=O) groups is 1. The molecule has 1 aromatic heterocycles. The van der Waals surface area contributed by atoms with Crippen LogP contribution in [0.1, 0.15) is 29.8 Å². The molecule has 6 nitrogen and oxygen atoms in total. The van der Waals surface area contributed by atoms with Crippen LogP contribution in [0.15, 0.2) is 35.1 Å². The van der Waals surface area contributed by atoms with Crippen LogP contribution in [0.2, 0.25) is 0 Å². The molecule has 2 aromatic rings. The first kappa shape index (κ1) is 16.2. The largest absolute Gasteiger partial charge is 0.494 e. The van der Waals surface area contributed by atoms with Crippen LogP contribution in [0.3, 0.4) is 0 Å². The molecular weight excluding hydrogens is 313 g/mol. The quantitative estimate of drug-likeness (QED) is 0.863. The topological polar surface area (TPSA) is 64.4 Å². The summed E-state index contributed by atoms with van der Waals surface area (Å²) in [5.74, 6) is -0.527. The van der Waals surface area contributed by atoms with Gasteiger partial charge in [-0.1, -0.05) is 0 Å². The minimum absolute atomic E-state index is 0.0864. The van der Waals surface area contributed by atoms with E-state index in [1.54, 1.807) is 4.90 Å². The Hall–Kier alpha value is -2.70. The molecule has 1 aliphatic rings. The summed E-state index contributed by atoms with van der Waals surface area (Å²) in [5, 5.41) is 4.18. The van der Waals surface area contributed by atoms with Crippen molar-refractivity contribution < 1.29 is 13.9 Å². The van der Waals surface area contributed by atoms with Crippen molar-refractivity contribution in [3.05, 3.63) is 52.2 Å². The Morgan fingerprint density at radius 2 is 1.83 bits per heavy atom. The number of aromatic nitrogens is 2. The van der Waals surface area contributed by atoms with Crippen LogP contribution >= 0.6 is 0 Å². The number of carbonyl (C=O) groups excluding carboxylic acids is 1. The Bertz CT molecular complexity index is 796. The molecule has 0 bridgehead atoms. The first-order valence-electron chi connectivity index (χ1n) is 7.84. The van der Waals surface area contributed by atoms with E-state index in [4.69, 9.17) is 4.74 Å². The van der Waals surface area contributed by atoms with E-state index in [2.05, 4.69) is 5.10 Å². The molecule has 3 rings (SSSR count). The molecule has 126 valence electrons. The number of hydrogen-bond acceptors (Lipinski definition) is 4. The maximum atomic E-state index is 13.1. The predicted molar refractivity (Wildman–Crippen MR) is 86.1 cm³/mol. The summed E-state index contributed by atoms with van der Waals surface area (Å²) in [6.45, 7) is 1.33. The molecule has 1 aromatic carbocycles. The van der Waals surface area contributed by atoms with Crippen LogP contribution in [0, 0.1) is 5.82 Å². The molecule has 2 heterocycles. The van der Waals surface area contributed by atoms with Gasteiger partial charge in [0.05, 0.1) is 18.9 Å². The van der Waals surface area contributed by atoms with Gasteiger partial charge in [-0.25, -0.2) is 4.39 Å². The van der Waals surface area contributed by atoms with Crippen LogP contribution in [0.4, 0.5) is 4.39 Å². The molecule has 0 aliphatic carbocycles. The SMILES string of the molecule is COc1cc(=O)n(-c2ccc(F)cc2)nc1C(=O)N1CCCCC1. The van der Waals surface area contributed by atoms with Gasteiger partial charge in [-0.2, -0.15) is 9.78 Å². The van der Waals surface area contributed by atoms with Crippen LogP contribution < -0.4 is 10.3 Å². The minimum Gasteiger partial charge on any atom is -0.494 e. The lowest BCUT2D eigenvalue weighted by atomic mass is 10.1. The third-order valence-electron chi connectivity index (χ3n) is 4.03. The summed E-state index contributed by atoms with van der Waals surface area (Å²) in [7, 11) is 1.39. The van der Waals surface area contributed by atoms with Gasteiger partial charge in [0.25, 0.3) is 11.5 Å². The highest BCUT2D eigenvalue weighted by atomic mass is 19.1. The van der Waals surface area contributed by atoms with Crippen molar-refractivity contribution in [2.75, 3.05) is 20.2 Å². The van der Waals surface area contributed by atoms with Crippen molar-refractivity contribution in [1.82, 2.24) is 14.7 Å². The first-order chi connectivity index (χ1) is 11.6. The van der Waals surface area contributed by atoms with E-state index in [0.29, 0.717) is 18.8 Å². The Kier molecular flexibility index (Phi) is 4.59. The van der Waals surface area contributed by atoms with E-state index < -0.39 is 11.4 Å². The summed E-state index contributed by atoms with van der Waals surface area (Å²) in [5.41, 5.74) is 0.0220. The predicted octanol–water partition coefficient (Wildman–Crippen LogP) is 2.01. The first-order valence-corrected chi connectivity index (χ1v) is 7.84. The van der Waals surface area contributed by atoms with E-state index in [1.165, 1.54) is 37.4 Å². The van der Waals surface area contributed by atoms with Crippen molar-refractivity contribution in [3.63, 3.8) is 0 Å². The third kappa shape index (κ3) is 3.15. The number of piperidine rings is 1.